The summed E-state index contributed by atoms with van der Waals surface area (Å²) in [7, 11) is 0. The molecular weight excluding hydrogens is 186 g/mol. The van der Waals surface area contributed by atoms with E-state index in [2.05, 4.69) is 12.6 Å². The van der Waals surface area contributed by atoms with Crippen LogP contribution in [0, 0.1) is 0 Å². The molecule has 1 atom stereocenters. The highest BCUT2D eigenvalue weighted by molar-refractivity contribution is 7.85. The molecule has 1 unspecified atom stereocenters. The van der Waals surface area contributed by atoms with Crippen LogP contribution >= 0.6 is 47.4 Å². The van der Waals surface area contributed by atoms with Crippen LogP contribution in [0.1, 0.15) is 13.3 Å². The smallest absolute Gasteiger partial charge is 0.119 e. The topological polar surface area (TPSA) is 0 Å². The minimum Gasteiger partial charge on any atom is -0.119 e. The van der Waals surface area contributed by atoms with Crippen LogP contribution in [0.3, 0.4) is 0 Å². The molecule has 0 rings (SSSR count). The Hall–Kier alpha value is 1.22. The maximum Gasteiger partial charge on any atom is 0.189 e. The van der Waals surface area contributed by atoms with Gasteiger partial charge < -0.3 is 0 Å². The van der Waals surface area contributed by atoms with E-state index >= 15 is 0 Å². The first-order valence-corrected chi connectivity index (χ1v) is 3.80. The van der Waals surface area contributed by atoms with Crippen LogP contribution in [0.5, 0.6) is 0 Å². The summed E-state index contributed by atoms with van der Waals surface area (Å²) in [6.45, 7) is 1.88. The molecule has 0 nitrogen and oxygen atoms in total. The van der Waals surface area contributed by atoms with Gasteiger partial charge in [0.25, 0.3) is 0 Å². The molecule has 0 saturated heterocycles. The van der Waals surface area contributed by atoms with Crippen molar-refractivity contribution >= 4 is 47.4 Å². The molecule has 0 bridgehead atoms. The van der Waals surface area contributed by atoms with Crippen molar-refractivity contribution in [2.24, 2.45) is 0 Å². The minimum atomic E-state index is -1.20. The molecule has 0 N–H and O–H groups in total. The van der Waals surface area contributed by atoms with Gasteiger partial charge in [-0.25, -0.2) is 0 Å². The molecule has 4 heteroatoms. The molecule has 0 heterocycles. The molecule has 49 valence electrons. The van der Waals surface area contributed by atoms with Gasteiger partial charge in [0, 0.05) is 0 Å². The Balaban J connectivity index is 3.62. The normalized spacial score (nSPS) is 16.1. The second kappa shape index (κ2) is 3.40. The van der Waals surface area contributed by atoms with Gasteiger partial charge in [-0.1, -0.05) is 30.1 Å². The predicted molar refractivity (Wildman–Crippen MR) is 42.0 cm³/mol. The standard InChI is InChI=1S/C4H6Cl3S/c1-2-3(5)4(6,7)8/h3H,2H2,1H3. The van der Waals surface area contributed by atoms with Crippen LogP contribution in [0.4, 0.5) is 0 Å². The van der Waals surface area contributed by atoms with E-state index in [4.69, 9.17) is 34.8 Å². The second-order valence-corrected chi connectivity index (χ2v) is 4.44. The van der Waals surface area contributed by atoms with Crippen molar-refractivity contribution in [3.8, 4) is 0 Å². The lowest BCUT2D eigenvalue weighted by Crippen LogP contribution is -2.17. The molecule has 0 aliphatic rings. The first kappa shape index (κ1) is 9.22. The van der Waals surface area contributed by atoms with E-state index in [1.807, 2.05) is 6.92 Å². The average Bonchev–Trinajstić information content (AvgIpc) is 1.62. The highest BCUT2D eigenvalue weighted by atomic mass is 35.5. The number of halogens is 3. The largest absolute Gasteiger partial charge is 0.189 e. The molecule has 0 amide bonds. The highest BCUT2D eigenvalue weighted by Crippen LogP contribution is 2.34. The number of rotatable bonds is 2. The summed E-state index contributed by atoms with van der Waals surface area (Å²) in [5, 5.41) is -0.333. The molecule has 0 fully saturated rings. The van der Waals surface area contributed by atoms with Gasteiger partial charge in [-0.3, -0.25) is 0 Å². The third kappa shape index (κ3) is 3.29. The molecular formula is C4H6Cl3S. The Morgan fingerprint density at radius 1 is 1.62 bits per heavy atom. The van der Waals surface area contributed by atoms with Gasteiger partial charge in [0.05, 0.1) is 5.38 Å². The van der Waals surface area contributed by atoms with Gasteiger partial charge in [-0.05, 0) is 19.0 Å². The van der Waals surface area contributed by atoms with E-state index in [9.17, 15) is 0 Å². The first-order chi connectivity index (χ1) is 3.48. The average molecular weight is 193 g/mol. The maximum absolute atomic E-state index is 5.57. The van der Waals surface area contributed by atoms with Crippen molar-refractivity contribution in [3.63, 3.8) is 0 Å². The van der Waals surface area contributed by atoms with Crippen molar-refractivity contribution in [2.75, 3.05) is 0 Å². The molecule has 0 aliphatic carbocycles. The Labute approximate surface area is 69.9 Å². The van der Waals surface area contributed by atoms with Crippen molar-refractivity contribution in [3.05, 3.63) is 0 Å². The van der Waals surface area contributed by atoms with Crippen molar-refractivity contribution in [1.82, 2.24) is 0 Å². The van der Waals surface area contributed by atoms with Gasteiger partial charge in [0.2, 0.25) is 0 Å². The quantitative estimate of drug-likeness (QED) is 0.589. The fraction of sp³-hybridized carbons (Fsp3) is 1.00. The maximum atomic E-state index is 5.57. The van der Waals surface area contributed by atoms with E-state index in [1.54, 1.807) is 0 Å². The summed E-state index contributed by atoms with van der Waals surface area (Å²) in [6, 6.07) is 0. The van der Waals surface area contributed by atoms with Gasteiger partial charge in [0.15, 0.2) is 3.67 Å². The van der Waals surface area contributed by atoms with E-state index in [0.29, 0.717) is 6.42 Å². The Bertz CT molecular complexity index is 68.2. The van der Waals surface area contributed by atoms with Crippen LogP contribution in [0.15, 0.2) is 0 Å². The second-order valence-electron chi connectivity index (χ2n) is 1.44. The molecule has 0 aromatic carbocycles. The summed E-state index contributed by atoms with van der Waals surface area (Å²) in [5.74, 6) is 0. The third-order valence-corrected chi connectivity index (χ3v) is 2.52. The number of alkyl halides is 3. The summed E-state index contributed by atoms with van der Waals surface area (Å²) < 4.78 is -1.20. The van der Waals surface area contributed by atoms with Gasteiger partial charge in [-0.2, -0.15) is 0 Å². The molecule has 0 aliphatic heterocycles. The van der Waals surface area contributed by atoms with E-state index in [1.165, 1.54) is 0 Å². The zero-order valence-electron chi connectivity index (χ0n) is 4.33. The highest BCUT2D eigenvalue weighted by Gasteiger charge is 2.27. The van der Waals surface area contributed by atoms with Crippen molar-refractivity contribution < 1.29 is 0 Å². The third-order valence-electron chi connectivity index (χ3n) is 0.723. The van der Waals surface area contributed by atoms with Crippen LogP contribution in [0.2, 0.25) is 0 Å². The summed E-state index contributed by atoms with van der Waals surface area (Å²) >= 11 is 21.0. The lowest BCUT2D eigenvalue weighted by molar-refractivity contribution is 0.843. The Kier molecular flexibility index (Phi) is 3.92. The van der Waals surface area contributed by atoms with Crippen LogP contribution in [-0.4, -0.2) is 9.04 Å². The fourth-order valence-electron chi connectivity index (χ4n) is 0.238. The van der Waals surface area contributed by atoms with Gasteiger partial charge >= 0.3 is 0 Å². The fourth-order valence-corrected chi connectivity index (χ4v) is 0.713. The Morgan fingerprint density at radius 3 is 2.00 bits per heavy atom. The molecule has 0 aromatic heterocycles. The summed E-state index contributed by atoms with van der Waals surface area (Å²) in [6.07, 6.45) is 0.693. The van der Waals surface area contributed by atoms with Crippen LogP contribution < -0.4 is 0 Å². The van der Waals surface area contributed by atoms with Gasteiger partial charge in [-0.15, -0.1) is 11.6 Å². The SMILES string of the molecule is CCC(Cl)C([S])(Cl)Cl. The predicted octanol–water partition coefficient (Wildman–Crippen LogP) is 3.33. The first-order valence-electron chi connectivity index (χ1n) is 2.20. The lowest BCUT2D eigenvalue weighted by Gasteiger charge is -2.15. The van der Waals surface area contributed by atoms with Crippen molar-refractivity contribution in [2.45, 2.75) is 22.4 Å². The zero-order chi connectivity index (χ0) is 6.78. The van der Waals surface area contributed by atoms with E-state index in [-0.39, 0.29) is 5.38 Å². The lowest BCUT2D eigenvalue weighted by atomic mass is 10.4. The van der Waals surface area contributed by atoms with Crippen LogP contribution in [0.25, 0.3) is 0 Å². The summed E-state index contributed by atoms with van der Waals surface area (Å²) in [5.41, 5.74) is 0. The summed E-state index contributed by atoms with van der Waals surface area (Å²) in [4.78, 5) is 0. The number of hydrogen-bond donors (Lipinski definition) is 0. The number of hydrogen-bond acceptors (Lipinski definition) is 0. The van der Waals surface area contributed by atoms with Crippen molar-refractivity contribution in [1.29, 1.82) is 0 Å². The molecule has 8 heavy (non-hydrogen) atoms. The van der Waals surface area contributed by atoms with E-state index in [0.717, 1.165) is 0 Å². The van der Waals surface area contributed by atoms with Crippen LogP contribution in [-0.2, 0) is 0 Å². The minimum absolute atomic E-state index is 0.333. The molecule has 1 radical (unpaired) electrons. The monoisotopic (exact) mass is 191 g/mol. The Morgan fingerprint density at radius 2 is 2.00 bits per heavy atom. The molecule has 0 saturated carbocycles. The molecule has 0 aromatic rings. The molecule has 0 spiro atoms. The zero-order valence-corrected chi connectivity index (χ0v) is 7.41. The van der Waals surface area contributed by atoms with E-state index < -0.39 is 3.67 Å². The van der Waals surface area contributed by atoms with Gasteiger partial charge in [0.1, 0.15) is 0 Å².